The summed E-state index contributed by atoms with van der Waals surface area (Å²) in [6.45, 7) is 10.6. The molecule has 208 valence electrons. The summed E-state index contributed by atoms with van der Waals surface area (Å²) in [5, 5.41) is 8.99. The first kappa shape index (κ1) is 27.1. The Balaban J connectivity index is 1.41. The summed E-state index contributed by atoms with van der Waals surface area (Å²) >= 11 is 0. The van der Waals surface area contributed by atoms with Crippen molar-refractivity contribution in [3.05, 3.63) is 59.6 Å². The molecule has 5 rings (SSSR count). The number of likely N-dealkylation sites (tertiary alicyclic amines) is 1. The molecule has 0 aliphatic carbocycles. The highest BCUT2D eigenvalue weighted by molar-refractivity contribution is 5.69. The van der Waals surface area contributed by atoms with Crippen LogP contribution in [-0.2, 0) is 4.74 Å². The van der Waals surface area contributed by atoms with Gasteiger partial charge in [-0.05, 0) is 65.7 Å². The second kappa shape index (κ2) is 10.6. The summed E-state index contributed by atoms with van der Waals surface area (Å²) in [4.78, 5) is 22.8. The van der Waals surface area contributed by atoms with E-state index in [0.29, 0.717) is 41.7 Å². The number of piperidine rings is 1. The fourth-order valence-corrected chi connectivity index (χ4v) is 4.85. The number of terminal acetylenes is 1. The van der Waals surface area contributed by atoms with Crippen LogP contribution in [0.25, 0.3) is 16.9 Å². The molecule has 1 unspecified atom stereocenters. The lowest BCUT2D eigenvalue weighted by molar-refractivity contribution is 0.0183. The smallest absolute Gasteiger partial charge is 0.410 e. The molecule has 1 saturated heterocycles. The number of aromatic nitrogens is 6. The van der Waals surface area contributed by atoms with Crippen molar-refractivity contribution in [3.63, 3.8) is 0 Å². The average Bonchev–Trinajstić information content (AvgIpc) is 3.51. The molecule has 0 radical (unpaired) electrons. The highest BCUT2D eigenvalue weighted by Gasteiger charge is 2.29. The Kier molecular flexibility index (Phi) is 7.19. The quantitative estimate of drug-likeness (QED) is 0.321. The molecule has 4 aromatic heterocycles. The fraction of sp³-hybridized carbons (Fsp3) is 0.414. The molecule has 1 fully saturated rings. The predicted octanol–water partition coefficient (Wildman–Crippen LogP) is 5.13. The van der Waals surface area contributed by atoms with Gasteiger partial charge in [0.2, 0.25) is 5.88 Å². The SMILES string of the molecule is C#Cc1cnc2cc(-c3nnn(C4CCN(C(=O)OC(C)(C)C)CC4)c3C)cc(OC(C)c3ccc(F)cn3)n12. The third kappa shape index (κ3) is 5.47. The van der Waals surface area contributed by atoms with Gasteiger partial charge in [-0.25, -0.2) is 18.9 Å². The first-order chi connectivity index (χ1) is 19.0. The summed E-state index contributed by atoms with van der Waals surface area (Å²) in [6, 6.07) is 6.77. The standard InChI is InChI=1S/C29H32FN7O3/c1-7-22-17-32-25-14-20(15-26(36(22)25)39-19(3)24-9-8-21(30)16-31-24)27-18(2)37(34-33-27)23-10-12-35(13-11-23)28(38)40-29(4,5)6/h1,8-9,14-17,19,23H,10-13H2,2-6H3. The number of carbonyl (C=O) groups excluding carboxylic acids is 1. The Bertz CT molecular complexity index is 1570. The van der Waals surface area contributed by atoms with Crippen molar-refractivity contribution < 1.29 is 18.7 Å². The summed E-state index contributed by atoms with van der Waals surface area (Å²) < 4.78 is 28.9. The average molecular weight is 546 g/mol. The molecule has 0 spiro atoms. The van der Waals surface area contributed by atoms with E-state index in [2.05, 4.69) is 26.2 Å². The van der Waals surface area contributed by atoms with Crippen LogP contribution in [0, 0.1) is 25.1 Å². The summed E-state index contributed by atoms with van der Waals surface area (Å²) in [5.41, 5.74) is 3.53. The van der Waals surface area contributed by atoms with Gasteiger partial charge in [-0.1, -0.05) is 11.1 Å². The molecule has 1 amide bonds. The molecule has 0 bridgehead atoms. The Morgan fingerprint density at radius 2 is 1.93 bits per heavy atom. The predicted molar refractivity (Wildman–Crippen MR) is 146 cm³/mol. The van der Waals surface area contributed by atoms with Gasteiger partial charge in [-0.2, -0.15) is 0 Å². The van der Waals surface area contributed by atoms with Gasteiger partial charge in [0.15, 0.2) is 0 Å². The van der Waals surface area contributed by atoms with Crippen LogP contribution in [0.15, 0.2) is 36.7 Å². The van der Waals surface area contributed by atoms with E-state index in [1.54, 1.807) is 21.6 Å². The van der Waals surface area contributed by atoms with E-state index in [-0.39, 0.29) is 12.1 Å². The second-order valence-corrected chi connectivity index (χ2v) is 10.9. The minimum absolute atomic E-state index is 0.100. The molecular weight excluding hydrogens is 513 g/mol. The number of rotatable bonds is 5. The lowest BCUT2D eigenvalue weighted by atomic mass is 10.0. The topological polar surface area (TPSA) is 99.7 Å². The van der Waals surface area contributed by atoms with Gasteiger partial charge in [0, 0.05) is 24.7 Å². The minimum atomic E-state index is -0.530. The van der Waals surface area contributed by atoms with E-state index in [1.807, 2.05) is 51.4 Å². The van der Waals surface area contributed by atoms with Crippen LogP contribution in [0.4, 0.5) is 9.18 Å². The number of nitrogens with zero attached hydrogens (tertiary/aromatic N) is 7. The van der Waals surface area contributed by atoms with E-state index in [4.69, 9.17) is 15.9 Å². The summed E-state index contributed by atoms with van der Waals surface area (Å²) in [6.07, 6.45) is 9.19. The zero-order chi connectivity index (χ0) is 28.6. The van der Waals surface area contributed by atoms with Gasteiger partial charge < -0.3 is 14.4 Å². The number of halogens is 1. The molecule has 0 saturated carbocycles. The summed E-state index contributed by atoms with van der Waals surface area (Å²) in [7, 11) is 0. The molecule has 5 heterocycles. The zero-order valence-corrected chi connectivity index (χ0v) is 23.3. The van der Waals surface area contributed by atoms with Crippen LogP contribution in [0.3, 0.4) is 0 Å². The molecular formula is C29H32FN7O3. The maximum atomic E-state index is 13.4. The van der Waals surface area contributed by atoms with Crippen molar-refractivity contribution >= 4 is 11.7 Å². The molecule has 1 aliphatic rings. The Morgan fingerprint density at radius 3 is 2.58 bits per heavy atom. The molecule has 4 aromatic rings. The number of imidazole rings is 1. The van der Waals surface area contributed by atoms with E-state index >= 15 is 0 Å². The van der Waals surface area contributed by atoms with Crippen LogP contribution in [0.2, 0.25) is 0 Å². The van der Waals surface area contributed by atoms with Gasteiger partial charge in [0.1, 0.15) is 34.6 Å². The van der Waals surface area contributed by atoms with E-state index in [1.165, 1.54) is 6.07 Å². The fourth-order valence-electron chi connectivity index (χ4n) is 4.85. The molecule has 10 nitrogen and oxygen atoms in total. The number of pyridine rings is 2. The number of amides is 1. The van der Waals surface area contributed by atoms with Crippen molar-refractivity contribution in [2.24, 2.45) is 0 Å². The highest BCUT2D eigenvalue weighted by atomic mass is 19.1. The molecule has 0 N–H and O–H groups in total. The van der Waals surface area contributed by atoms with Gasteiger partial charge in [0.05, 0.1) is 29.8 Å². The number of carbonyl (C=O) groups is 1. The van der Waals surface area contributed by atoms with Crippen molar-refractivity contribution in [2.45, 2.75) is 65.2 Å². The van der Waals surface area contributed by atoms with Gasteiger partial charge in [0.25, 0.3) is 0 Å². The van der Waals surface area contributed by atoms with Crippen LogP contribution >= 0.6 is 0 Å². The largest absolute Gasteiger partial charge is 0.469 e. The molecule has 11 heteroatoms. The zero-order valence-electron chi connectivity index (χ0n) is 23.3. The monoisotopic (exact) mass is 545 g/mol. The lowest BCUT2D eigenvalue weighted by Crippen LogP contribution is -2.42. The third-order valence-electron chi connectivity index (χ3n) is 6.85. The second-order valence-electron chi connectivity index (χ2n) is 10.9. The highest BCUT2D eigenvalue weighted by Crippen LogP contribution is 2.32. The van der Waals surface area contributed by atoms with Crippen molar-refractivity contribution in [1.82, 2.24) is 34.3 Å². The Hall–Kier alpha value is -4.46. The van der Waals surface area contributed by atoms with E-state index in [9.17, 15) is 9.18 Å². The van der Waals surface area contributed by atoms with Gasteiger partial charge in [-0.3, -0.25) is 9.38 Å². The third-order valence-corrected chi connectivity index (χ3v) is 6.85. The number of fused-ring (bicyclic) bond motifs is 1. The maximum absolute atomic E-state index is 13.4. The van der Waals surface area contributed by atoms with Crippen molar-refractivity contribution in [1.29, 1.82) is 0 Å². The van der Waals surface area contributed by atoms with Gasteiger partial charge in [-0.15, -0.1) is 11.5 Å². The van der Waals surface area contributed by atoms with Crippen molar-refractivity contribution in [3.8, 4) is 29.5 Å². The number of ether oxygens (including phenoxy) is 2. The maximum Gasteiger partial charge on any atom is 0.410 e. The summed E-state index contributed by atoms with van der Waals surface area (Å²) in [5.74, 6) is 2.68. The molecule has 1 aliphatic heterocycles. The number of hydrogen-bond donors (Lipinski definition) is 0. The van der Waals surface area contributed by atoms with Crippen LogP contribution < -0.4 is 4.74 Å². The first-order valence-electron chi connectivity index (χ1n) is 13.2. The Labute approximate surface area is 232 Å². The lowest BCUT2D eigenvalue weighted by Gasteiger charge is -2.33. The van der Waals surface area contributed by atoms with E-state index in [0.717, 1.165) is 30.3 Å². The molecule has 40 heavy (non-hydrogen) atoms. The number of hydrogen-bond acceptors (Lipinski definition) is 7. The van der Waals surface area contributed by atoms with Crippen LogP contribution in [-0.4, -0.2) is 59.0 Å². The van der Waals surface area contributed by atoms with Crippen molar-refractivity contribution in [2.75, 3.05) is 13.1 Å². The van der Waals surface area contributed by atoms with Crippen LogP contribution in [0.1, 0.15) is 69.8 Å². The van der Waals surface area contributed by atoms with E-state index < -0.39 is 17.5 Å². The van der Waals surface area contributed by atoms with Crippen LogP contribution in [0.5, 0.6) is 5.88 Å². The Morgan fingerprint density at radius 1 is 1.18 bits per heavy atom. The molecule has 1 atom stereocenters. The first-order valence-corrected chi connectivity index (χ1v) is 13.2. The van der Waals surface area contributed by atoms with Gasteiger partial charge >= 0.3 is 6.09 Å². The normalized spacial score (nSPS) is 15.2. The molecule has 0 aromatic carbocycles. The minimum Gasteiger partial charge on any atom is -0.469 e.